The van der Waals surface area contributed by atoms with E-state index in [0.29, 0.717) is 19.3 Å². The van der Waals surface area contributed by atoms with E-state index in [-0.39, 0.29) is 30.5 Å². The number of ketones is 2. The molecule has 4 aliphatic rings. The van der Waals surface area contributed by atoms with E-state index in [1.807, 2.05) is 13.0 Å². The van der Waals surface area contributed by atoms with Crippen molar-refractivity contribution in [3.8, 4) is 0 Å². The second-order valence-electron chi connectivity index (χ2n) is 11.0. The first-order valence-electron chi connectivity index (χ1n) is 12.4. The Hall–Kier alpha value is -2.29. The monoisotopic (exact) mass is 564 g/mol. The van der Waals surface area contributed by atoms with Crippen LogP contribution in [0.2, 0.25) is 0 Å². The van der Waals surface area contributed by atoms with Crippen molar-refractivity contribution in [2.75, 3.05) is 6.61 Å². The summed E-state index contributed by atoms with van der Waals surface area (Å²) in [5, 5.41) is 0. The average Bonchev–Trinajstić information content (AvgIpc) is 3.05. The maximum atomic E-state index is 13.6. The van der Waals surface area contributed by atoms with Crippen LogP contribution in [0.25, 0.3) is 0 Å². The maximum Gasteiger partial charge on any atom is 0.303 e. The molecule has 0 bridgehead atoms. The summed E-state index contributed by atoms with van der Waals surface area (Å²) in [6.45, 7) is 7.32. The molecule has 36 heavy (non-hydrogen) atoms. The summed E-state index contributed by atoms with van der Waals surface area (Å²) in [6.07, 6.45) is 7.01. The molecule has 0 N–H and O–H groups in total. The minimum atomic E-state index is -1.51. The molecule has 4 aliphatic carbocycles. The molecule has 7 atom stereocenters. The number of allylic oxidation sites excluding steroid dienone is 4. The molecule has 4 rings (SSSR count). The lowest BCUT2D eigenvalue weighted by Crippen LogP contribution is -2.69. The van der Waals surface area contributed by atoms with Crippen LogP contribution >= 0.6 is 15.9 Å². The van der Waals surface area contributed by atoms with Crippen molar-refractivity contribution in [2.24, 2.45) is 22.7 Å². The fourth-order valence-corrected chi connectivity index (χ4v) is 8.89. The van der Waals surface area contributed by atoms with Gasteiger partial charge in [-0.05, 0) is 56.1 Å². The van der Waals surface area contributed by atoms with Gasteiger partial charge in [0.2, 0.25) is 5.78 Å². The molecule has 0 aromatic rings. The van der Waals surface area contributed by atoms with E-state index in [4.69, 9.17) is 14.2 Å². The fraction of sp³-hybridized carbons (Fsp3) is 0.667. The summed E-state index contributed by atoms with van der Waals surface area (Å²) in [7, 11) is 0. The smallest absolute Gasteiger partial charge is 0.303 e. The summed E-state index contributed by atoms with van der Waals surface area (Å²) in [4.78, 5) is 62.0. The molecule has 0 heterocycles. The van der Waals surface area contributed by atoms with Crippen LogP contribution < -0.4 is 0 Å². The maximum absolute atomic E-state index is 13.6. The van der Waals surface area contributed by atoms with E-state index in [9.17, 15) is 24.0 Å². The minimum absolute atomic E-state index is 0.0560. The average molecular weight is 565 g/mol. The van der Waals surface area contributed by atoms with Crippen molar-refractivity contribution >= 4 is 45.4 Å². The van der Waals surface area contributed by atoms with Gasteiger partial charge in [0.25, 0.3) is 0 Å². The number of fused-ring (bicyclic) bond motifs is 5. The molecule has 0 amide bonds. The Morgan fingerprint density at radius 3 is 2.33 bits per heavy atom. The predicted octanol–water partition coefficient (Wildman–Crippen LogP) is 3.79. The van der Waals surface area contributed by atoms with E-state index >= 15 is 0 Å². The molecule has 0 saturated heterocycles. The zero-order valence-corrected chi connectivity index (χ0v) is 22.9. The highest BCUT2D eigenvalue weighted by Gasteiger charge is 2.75. The molecule has 3 saturated carbocycles. The van der Waals surface area contributed by atoms with Crippen molar-refractivity contribution in [2.45, 2.75) is 82.8 Å². The molecule has 0 unspecified atom stereocenters. The van der Waals surface area contributed by atoms with Crippen molar-refractivity contribution < 1.29 is 38.2 Å². The van der Waals surface area contributed by atoms with Crippen LogP contribution in [0.3, 0.4) is 0 Å². The van der Waals surface area contributed by atoms with Crippen LogP contribution in [0.4, 0.5) is 0 Å². The third-order valence-corrected chi connectivity index (χ3v) is 11.1. The first-order valence-corrected chi connectivity index (χ1v) is 13.2. The van der Waals surface area contributed by atoms with Gasteiger partial charge in [0, 0.05) is 31.6 Å². The summed E-state index contributed by atoms with van der Waals surface area (Å²) >= 11 is 4.08. The Labute approximate surface area is 219 Å². The number of hydrogen-bond acceptors (Lipinski definition) is 8. The van der Waals surface area contributed by atoms with E-state index in [0.717, 1.165) is 5.57 Å². The first kappa shape index (κ1) is 26.8. The zero-order chi connectivity index (χ0) is 26.7. The van der Waals surface area contributed by atoms with E-state index in [2.05, 4.69) is 22.9 Å². The molecule has 196 valence electrons. The second-order valence-corrected chi connectivity index (χ2v) is 12.3. The highest BCUT2D eigenvalue weighted by atomic mass is 79.9. The highest BCUT2D eigenvalue weighted by Crippen LogP contribution is 2.72. The van der Waals surface area contributed by atoms with Crippen molar-refractivity contribution in [1.29, 1.82) is 0 Å². The predicted molar refractivity (Wildman–Crippen MR) is 132 cm³/mol. The van der Waals surface area contributed by atoms with Crippen molar-refractivity contribution in [1.82, 2.24) is 0 Å². The van der Waals surface area contributed by atoms with Crippen LogP contribution in [0.1, 0.15) is 66.7 Å². The lowest BCUT2D eigenvalue weighted by molar-refractivity contribution is -0.200. The number of esters is 3. The van der Waals surface area contributed by atoms with E-state index < -0.39 is 57.2 Å². The Bertz CT molecular complexity index is 1090. The standard InChI is InChI=1S/C27H33BrO8/c1-15(29)34-14-22(33)26(36-17(3)31)11-9-20-21-7-6-18-12-19(32)8-10-24(18,4)27(21,28)23(35-16(2)30)13-25(20,26)5/h8,10,12,20-21,23H,6-7,9,11,13-14H2,1-5H3/t20-,21-,23-,24-,25-,26+,27-/m0/s1. The van der Waals surface area contributed by atoms with Crippen molar-refractivity contribution in [3.63, 3.8) is 0 Å². The summed E-state index contributed by atoms with van der Waals surface area (Å²) in [5.74, 6) is -2.30. The van der Waals surface area contributed by atoms with Gasteiger partial charge in [0.15, 0.2) is 18.0 Å². The molecular weight excluding hydrogens is 532 g/mol. The Kier molecular flexibility index (Phi) is 6.63. The Morgan fingerprint density at radius 1 is 1.03 bits per heavy atom. The van der Waals surface area contributed by atoms with Gasteiger partial charge in [-0.15, -0.1) is 0 Å². The molecule has 0 radical (unpaired) electrons. The van der Waals surface area contributed by atoms with Gasteiger partial charge in [0.05, 0.1) is 4.32 Å². The van der Waals surface area contributed by atoms with Crippen LogP contribution in [0.15, 0.2) is 23.8 Å². The summed E-state index contributed by atoms with van der Waals surface area (Å²) < 4.78 is 16.2. The molecular formula is C27H33BrO8. The second kappa shape index (κ2) is 8.92. The van der Waals surface area contributed by atoms with Gasteiger partial charge < -0.3 is 14.2 Å². The molecule has 0 aromatic carbocycles. The van der Waals surface area contributed by atoms with Gasteiger partial charge in [-0.3, -0.25) is 24.0 Å². The van der Waals surface area contributed by atoms with Crippen LogP contribution in [-0.4, -0.2) is 52.1 Å². The first-order chi connectivity index (χ1) is 16.7. The third-order valence-electron chi connectivity index (χ3n) is 9.22. The third kappa shape index (κ3) is 3.72. The van der Waals surface area contributed by atoms with Gasteiger partial charge in [-0.2, -0.15) is 0 Å². The quantitative estimate of drug-likeness (QED) is 0.281. The van der Waals surface area contributed by atoms with Crippen LogP contribution in [0.5, 0.6) is 0 Å². The molecule has 9 heteroatoms. The lowest BCUT2D eigenvalue weighted by atomic mass is 9.46. The molecule has 0 aliphatic heterocycles. The summed E-state index contributed by atoms with van der Waals surface area (Å²) in [6, 6.07) is 0. The number of alkyl halides is 1. The Balaban J connectivity index is 1.85. The Morgan fingerprint density at radius 2 is 1.72 bits per heavy atom. The number of carbonyl (C=O) groups excluding carboxylic acids is 5. The molecule has 0 aromatic heterocycles. The topological polar surface area (TPSA) is 113 Å². The number of halogens is 1. The van der Waals surface area contributed by atoms with Crippen LogP contribution in [0, 0.1) is 22.7 Å². The van der Waals surface area contributed by atoms with E-state index in [1.54, 1.807) is 12.2 Å². The number of hydrogen-bond donors (Lipinski definition) is 0. The minimum Gasteiger partial charge on any atom is -0.461 e. The number of carbonyl (C=O) groups is 5. The molecule has 0 spiro atoms. The molecule has 3 fully saturated rings. The summed E-state index contributed by atoms with van der Waals surface area (Å²) in [5.41, 5.74) is -2.00. The van der Waals surface area contributed by atoms with E-state index in [1.165, 1.54) is 20.8 Å². The molecule has 8 nitrogen and oxygen atoms in total. The zero-order valence-electron chi connectivity index (χ0n) is 21.4. The van der Waals surface area contributed by atoms with Crippen molar-refractivity contribution in [3.05, 3.63) is 23.8 Å². The van der Waals surface area contributed by atoms with Gasteiger partial charge in [-0.1, -0.05) is 41.4 Å². The largest absolute Gasteiger partial charge is 0.461 e. The van der Waals surface area contributed by atoms with Gasteiger partial charge in [0.1, 0.15) is 6.10 Å². The number of ether oxygens (including phenoxy) is 3. The number of Topliss-reactive ketones (excluding diaryl/α,β-unsaturated/α-hetero) is 1. The lowest BCUT2D eigenvalue weighted by Gasteiger charge is -2.64. The van der Waals surface area contributed by atoms with Gasteiger partial charge >= 0.3 is 17.9 Å². The normalized spacial score (nSPS) is 40.8. The van der Waals surface area contributed by atoms with Gasteiger partial charge in [-0.25, -0.2) is 0 Å². The SMILES string of the molecule is CC(=O)OCC(=O)[C@]1(OC(C)=O)CC[C@H]2[C@@H]3CCC4=CC(=O)C=C[C@]4(C)[C@@]3(Br)[C@@H](OC(C)=O)C[C@@]21C. The highest BCUT2D eigenvalue weighted by molar-refractivity contribution is 9.10. The van der Waals surface area contributed by atoms with Crippen LogP contribution in [-0.2, 0) is 38.2 Å². The fourth-order valence-electron chi connectivity index (χ4n) is 7.70. The number of rotatable bonds is 5.